The van der Waals surface area contributed by atoms with Gasteiger partial charge in [-0.15, -0.1) is 11.3 Å². The van der Waals surface area contributed by atoms with Crippen molar-refractivity contribution in [2.75, 3.05) is 5.32 Å². The average molecular weight is 426 g/mol. The Bertz CT molecular complexity index is 1050. The molecule has 1 atom stereocenters. The normalized spacial score (nSPS) is 17.9. The predicted molar refractivity (Wildman–Crippen MR) is 119 cm³/mol. The molecular formula is C23H24ClN3OS. The van der Waals surface area contributed by atoms with E-state index in [2.05, 4.69) is 35.1 Å². The molecule has 6 heteroatoms. The number of aromatic nitrogens is 1. The molecule has 3 heterocycles. The van der Waals surface area contributed by atoms with Crippen LogP contribution in [-0.4, -0.2) is 15.5 Å². The highest BCUT2D eigenvalue weighted by Gasteiger charge is 2.34. The maximum absolute atomic E-state index is 13.4. The Kier molecular flexibility index (Phi) is 4.88. The van der Waals surface area contributed by atoms with Gasteiger partial charge in [-0.25, -0.2) is 4.79 Å². The van der Waals surface area contributed by atoms with E-state index in [9.17, 15) is 4.79 Å². The second-order valence-corrected chi connectivity index (χ2v) is 9.31. The van der Waals surface area contributed by atoms with Crippen molar-refractivity contribution in [3.8, 4) is 5.00 Å². The molecule has 0 unspecified atom stereocenters. The topological polar surface area (TPSA) is 37.3 Å². The Morgan fingerprint density at radius 3 is 2.76 bits per heavy atom. The summed E-state index contributed by atoms with van der Waals surface area (Å²) < 4.78 is 2.32. The lowest BCUT2D eigenvalue weighted by atomic mass is 9.95. The van der Waals surface area contributed by atoms with Crippen LogP contribution < -0.4 is 5.32 Å². The van der Waals surface area contributed by atoms with Gasteiger partial charge in [-0.05, 0) is 74.1 Å². The van der Waals surface area contributed by atoms with Gasteiger partial charge in [0.25, 0.3) is 0 Å². The number of rotatable bonds is 2. The summed E-state index contributed by atoms with van der Waals surface area (Å²) in [6, 6.07) is 11.5. The van der Waals surface area contributed by atoms with Crippen molar-refractivity contribution >= 4 is 34.7 Å². The maximum Gasteiger partial charge on any atom is 0.322 e. The summed E-state index contributed by atoms with van der Waals surface area (Å²) in [7, 11) is 0. The van der Waals surface area contributed by atoms with Gasteiger partial charge < -0.3 is 14.8 Å². The number of fused-ring (bicyclic) bond motifs is 5. The molecule has 29 heavy (non-hydrogen) atoms. The molecule has 4 nitrogen and oxygen atoms in total. The highest BCUT2D eigenvalue weighted by atomic mass is 35.5. The lowest BCUT2D eigenvalue weighted by Crippen LogP contribution is -2.37. The van der Waals surface area contributed by atoms with Gasteiger partial charge in [0.05, 0.1) is 12.6 Å². The molecule has 0 spiro atoms. The van der Waals surface area contributed by atoms with Crippen molar-refractivity contribution in [1.29, 1.82) is 0 Å². The second-order valence-electron chi connectivity index (χ2n) is 7.79. The summed E-state index contributed by atoms with van der Waals surface area (Å²) in [5, 5.41) is 5.05. The van der Waals surface area contributed by atoms with E-state index in [1.807, 2.05) is 28.4 Å². The van der Waals surface area contributed by atoms with Gasteiger partial charge in [-0.2, -0.15) is 0 Å². The van der Waals surface area contributed by atoms with E-state index < -0.39 is 0 Å². The molecule has 2 amide bonds. The molecule has 1 aliphatic heterocycles. The lowest BCUT2D eigenvalue weighted by Gasteiger charge is -2.30. The van der Waals surface area contributed by atoms with Crippen LogP contribution in [0.5, 0.6) is 0 Å². The quantitative estimate of drug-likeness (QED) is 0.495. The Balaban J connectivity index is 1.56. The van der Waals surface area contributed by atoms with Crippen LogP contribution in [0.15, 0.2) is 42.6 Å². The lowest BCUT2D eigenvalue weighted by molar-refractivity contribution is 0.181. The monoisotopic (exact) mass is 425 g/mol. The fourth-order valence-corrected chi connectivity index (χ4v) is 6.17. The van der Waals surface area contributed by atoms with Crippen LogP contribution in [0.3, 0.4) is 0 Å². The number of halogens is 1. The first-order valence-electron chi connectivity index (χ1n) is 10.3. The van der Waals surface area contributed by atoms with Gasteiger partial charge in [0.2, 0.25) is 0 Å². The average Bonchev–Trinajstić information content (AvgIpc) is 3.32. The van der Waals surface area contributed by atoms with E-state index in [4.69, 9.17) is 11.6 Å². The first-order valence-corrected chi connectivity index (χ1v) is 11.5. The van der Waals surface area contributed by atoms with Crippen LogP contribution in [-0.2, 0) is 19.4 Å². The van der Waals surface area contributed by atoms with Gasteiger partial charge in [0.1, 0.15) is 5.00 Å². The van der Waals surface area contributed by atoms with Crippen LogP contribution in [0.25, 0.3) is 5.00 Å². The minimum absolute atomic E-state index is 0.0381. The number of carbonyl (C=O) groups excluding carboxylic acids is 1. The highest BCUT2D eigenvalue weighted by molar-refractivity contribution is 7.15. The number of nitrogens with one attached hydrogen (secondary N) is 1. The summed E-state index contributed by atoms with van der Waals surface area (Å²) in [5.74, 6) is 0. The number of thiophene rings is 1. The van der Waals surface area contributed by atoms with Crippen molar-refractivity contribution in [3.63, 3.8) is 0 Å². The number of urea groups is 1. The molecule has 0 fully saturated rings. The van der Waals surface area contributed by atoms with E-state index in [0.29, 0.717) is 11.6 Å². The van der Waals surface area contributed by atoms with Gasteiger partial charge in [0.15, 0.2) is 0 Å². The number of hydrogen-bond donors (Lipinski definition) is 1. The Morgan fingerprint density at radius 2 is 1.97 bits per heavy atom. The van der Waals surface area contributed by atoms with E-state index in [-0.39, 0.29) is 12.1 Å². The molecule has 3 aromatic rings. The third-order valence-corrected chi connectivity index (χ3v) is 7.63. The van der Waals surface area contributed by atoms with Gasteiger partial charge in [-0.3, -0.25) is 0 Å². The third kappa shape index (κ3) is 3.26. The number of nitrogens with zero attached hydrogens (tertiary/aromatic N) is 2. The van der Waals surface area contributed by atoms with Crippen LogP contribution in [0.1, 0.15) is 53.9 Å². The smallest absolute Gasteiger partial charge is 0.312 e. The summed E-state index contributed by atoms with van der Waals surface area (Å²) in [4.78, 5) is 16.9. The molecule has 2 aliphatic rings. The maximum atomic E-state index is 13.4. The fraction of sp³-hybridized carbons (Fsp3) is 0.348. The molecule has 5 rings (SSSR count). The number of anilines is 1. The standard InChI is InChI=1S/C23H24ClN3OS/c1-2-19-20-7-5-13-26(20)22-18(17-6-3-4-8-21(17)29-22)14-27(19)23(28)25-16-11-9-15(24)10-12-16/h5,7,9-13,19H,2-4,6,8,14H2,1H3,(H,25,28)/t19-/m0/s1. The van der Waals surface area contributed by atoms with Crippen LogP contribution in [0, 0.1) is 0 Å². The largest absolute Gasteiger partial charge is 0.322 e. The number of aryl methyl sites for hydroxylation is 1. The SMILES string of the molecule is CC[C@H]1c2cccn2-c2sc3c(c2CN1C(=O)Nc1ccc(Cl)cc1)CCCC3. The molecule has 0 saturated carbocycles. The minimum Gasteiger partial charge on any atom is -0.312 e. The molecule has 2 aromatic heterocycles. The van der Waals surface area contributed by atoms with Gasteiger partial charge in [-0.1, -0.05) is 18.5 Å². The zero-order valence-corrected chi connectivity index (χ0v) is 18.0. The molecule has 0 radical (unpaired) electrons. The predicted octanol–water partition coefficient (Wildman–Crippen LogP) is 6.57. The fourth-order valence-electron chi connectivity index (χ4n) is 4.64. The number of benzene rings is 1. The van der Waals surface area contributed by atoms with Crippen molar-refractivity contribution in [3.05, 3.63) is 69.3 Å². The summed E-state index contributed by atoms with van der Waals surface area (Å²) in [6.45, 7) is 2.81. The summed E-state index contributed by atoms with van der Waals surface area (Å²) in [6.07, 6.45) is 7.82. The van der Waals surface area contributed by atoms with Crippen molar-refractivity contribution < 1.29 is 4.79 Å². The third-order valence-electron chi connectivity index (χ3n) is 6.05. The second kappa shape index (κ2) is 7.54. The Hall–Kier alpha value is -2.24. The molecule has 1 aromatic carbocycles. The molecule has 0 saturated heterocycles. The summed E-state index contributed by atoms with van der Waals surface area (Å²) in [5.41, 5.74) is 4.78. The number of hydrogen-bond acceptors (Lipinski definition) is 2. The van der Waals surface area contributed by atoms with Gasteiger partial charge in [0, 0.05) is 33.0 Å². The molecular weight excluding hydrogens is 402 g/mol. The van der Waals surface area contributed by atoms with Crippen molar-refractivity contribution in [2.24, 2.45) is 0 Å². The molecule has 150 valence electrons. The zero-order chi connectivity index (χ0) is 20.0. The summed E-state index contributed by atoms with van der Waals surface area (Å²) >= 11 is 7.91. The first-order chi connectivity index (χ1) is 14.2. The van der Waals surface area contributed by atoms with Crippen LogP contribution >= 0.6 is 22.9 Å². The molecule has 1 aliphatic carbocycles. The molecule has 0 bridgehead atoms. The number of carbonyl (C=O) groups is 1. The first kappa shape index (κ1) is 18.8. The van der Waals surface area contributed by atoms with Crippen LogP contribution in [0.4, 0.5) is 10.5 Å². The highest BCUT2D eigenvalue weighted by Crippen LogP contribution is 2.43. The van der Waals surface area contributed by atoms with E-state index in [0.717, 1.165) is 24.9 Å². The molecule has 1 N–H and O–H groups in total. The zero-order valence-electron chi connectivity index (χ0n) is 16.5. The number of amides is 2. The van der Waals surface area contributed by atoms with E-state index in [1.54, 1.807) is 12.1 Å². The van der Waals surface area contributed by atoms with E-state index >= 15 is 0 Å². The van der Waals surface area contributed by atoms with Crippen LogP contribution in [0.2, 0.25) is 5.02 Å². The van der Waals surface area contributed by atoms with Gasteiger partial charge >= 0.3 is 6.03 Å². The van der Waals surface area contributed by atoms with Crippen molar-refractivity contribution in [2.45, 2.75) is 51.6 Å². The minimum atomic E-state index is -0.0597. The van der Waals surface area contributed by atoms with Crippen molar-refractivity contribution in [1.82, 2.24) is 9.47 Å². The Morgan fingerprint density at radius 1 is 1.17 bits per heavy atom. The Labute approximate surface area is 180 Å². The van der Waals surface area contributed by atoms with E-state index in [1.165, 1.54) is 39.5 Å².